The number of hydrogen-bond donors (Lipinski definition) is 1. The summed E-state index contributed by atoms with van der Waals surface area (Å²) in [6.07, 6.45) is 12.6. The predicted octanol–water partition coefficient (Wildman–Crippen LogP) is 4.93. The Morgan fingerprint density at radius 2 is 2.14 bits per heavy atom. The average Bonchev–Trinajstić information content (AvgIpc) is 3.24. The standard InChI is InChI=1S/C26H33ClN2O5S/c1-5-33-25-19(24(32-3)20-14-29-26-18(20)9-7-11-28-26)8-6-10-22(25)34-15-17-12-16(2)23(13-21(17)27)35(4,30)31/h6-11,13-14,16-17,19,23-25H,5,12,15H2,1-4H3,(H,28,29). The van der Waals surface area contributed by atoms with Crippen LogP contribution in [0.25, 0.3) is 11.0 Å². The Morgan fingerprint density at radius 3 is 2.86 bits per heavy atom. The number of ether oxygens (including phenoxy) is 3. The van der Waals surface area contributed by atoms with Gasteiger partial charge in [0.1, 0.15) is 17.5 Å². The van der Waals surface area contributed by atoms with E-state index in [1.807, 2.05) is 44.3 Å². The maximum Gasteiger partial charge on any atom is 0.154 e. The molecule has 6 atom stereocenters. The molecule has 190 valence electrons. The fourth-order valence-electron chi connectivity index (χ4n) is 5.17. The van der Waals surface area contributed by atoms with Crippen molar-refractivity contribution in [3.63, 3.8) is 0 Å². The minimum atomic E-state index is -3.20. The molecule has 0 saturated carbocycles. The van der Waals surface area contributed by atoms with E-state index in [1.54, 1.807) is 19.4 Å². The van der Waals surface area contributed by atoms with Gasteiger partial charge in [-0.1, -0.05) is 36.8 Å². The Balaban J connectivity index is 1.53. The van der Waals surface area contributed by atoms with Crippen molar-refractivity contribution in [2.24, 2.45) is 17.8 Å². The molecule has 4 rings (SSSR count). The zero-order chi connectivity index (χ0) is 25.2. The lowest BCUT2D eigenvalue weighted by Gasteiger charge is -2.35. The van der Waals surface area contributed by atoms with Gasteiger partial charge in [-0.25, -0.2) is 13.4 Å². The van der Waals surface area contributed by atoms with Gasteiger partial charge in [0.2, 0.25) is 0 Å². The number of sulfone groups is 1. The minimum Gasteiger partial charge on any atom is -0.494 e. The summed E-state index contributed by atoms with van der Waals surface area (Å²) in [4.78, 5) is 7.62. The van der Waals surface area contributed by atoms with Crippen LogP contribution in [0.2, 0.25) is 0 Å². The van der Waals surface area contributed by atoms with E-state index in [9.17, 15) is 8.42 Å². The van der Waals surface area contributed by atoms with Gasteiger partial charge in [0, 0.05) is 60.2 Å². The van der Waals surface area contributed by atoms with Crippen LogP contribution in [0, 0.1) is 17.8 Å². The van der Waals surface area contributed by atoms with Crippen LogP contribution in [0.4, 0.5) is 0 Å². The van der Waals surface area contributed by atoms with Crippen LogP contribution in [0.3, 0.4) is 0 Å². The zero-order valence-corrected chi connectivity index (χ0v) is 22.1. The lowest BCUT2D eigenvalue weighted by atomic mass is 9.86. The molecule has 0 aliphatic heterocycles. The molecule has 2 aliphatic rings. The molecule has 2 aromatic heterocycles. The minimum absolute atomic E-state index is 0.0369. The summed E-state index contributed by atoms with van der Waals surface area (Å²) in [5, 5.41) is 0.987. The molecule has 0 aromatic carbocycles. The summed E-state index contributed by atoms with van der Waals surface area (Å²) in [6, 6.07) is 3.94. The van der Waals surface area contributed by atoms with Crippen LogP contribution in [0.5, 0.6) is 0 Å². The highest BCUT2D eigenvalue weighted by Gasteiger charge is 2.37. The molecule has 6 unspecified atom stereocenters. The van der Waals surface area contributed by atoms with Crippen molar-refractivity contribution in [1.82, 2.24) is 9.97 Å². The van der Waals surface area contributed by atoms with Crippen LogP contribution < -0.4 is 0 Å². The molecule has 0 spiro atoms. The second-order valence-corrected chi connectivity index (χ2v) is 11.9. The van der Waals surface area contributed by atoms with Gasteiger partial charge in [0.15, 0.2) is 9.84 Å². The van der Waals surface area contributed by atoms with E-state index >= 15 is 0 Å². The van der Waals surface area contributed by atoms with Crippen molar-refractivity contribution in [3.8, 4) is 0 Å². The monoisotopic (exact) mass is 520 g/mol. The zero-order valence-electron chi connectivity index (χ0n) is 20.5. The molecule has 0 bridgehead atoms. The SMILES string of the molecule is CCOC1C(OCC2CC(C)C(S(C)(=O)=O)C=C2Cl)=CC=CC1C(OC)c1c[nH]c2ncccc12. The topological polar surface area (TPSA) is 90.5 Å². The quantitative estimate of drug-likeness (QED) is 0.504. The molecule has 7 nitrogen and oxygen atoms in total. The van der Waals surface area contributed by atoms with E-state index in [0.29, 0.717) is 30.4 Å². The average molecular weight is 521 g/mol. The van der Waals surface area contributed by atoms with Crippen molar-refractivity contribution in [1.29, 1.82) is 0 Å². The Bertz CT molecular complexity index is 1240. The lowest BCUT2D eigenvalue weighted by Crippen LogP contribution is -2.35. The molecule has 0 saturated heterocycles. The summed E-state index contributed by atoms with van der Waals surface area (Å²) < 4.78 is 42.6. The summed E-state index contributed by atoms with van der Waals surface area (Å²) >= 11 is 6.51. The molecule has 2 aromatic rings. The number of aromatic amines is 1. The first-order valence-corrected chi connectivity index (χ1v) is 14.2. The Hall–Kier alpha value is -2.13. The summed E-state index contributed by atoms with van der Waals surface area (Å²) in [5.74, 6) is 0.479. The van der Waals surface area contributed by atoms with Gasteiger partial charge in [-0.2, -0.15) is 0 Å². The van der Waals surface area contributed by atoms with E-state index in [0.717, 1.165) is 16.6 Å². The molecular weight excluding hydrogens is 488 g/mol. The molecule has 2 heterocycles. The van der Waals surface area contributed by atoms with E-state index in [-0.39, 0.29) is 30.0 Å². The van der Waals surface area contributed by atoms with E-state index in [1.165, 1.54) is 6.26 Å². The van der Waals surface area contributed by atoms with E-state index in [4.69, 9.17) is 25.8 Å². The first kappa shape index (κ1) is 25.9. The number of nitrogens with one attached hydrogen (secondary N) is 1. The highest BCUT2D eigenvalue weighted by molar-refractivity contribution is 7.91. The van der Waals surface area contributed by atoms with Gasteiger partial charge in [0.05, 0.1) is 18.0 Å². The second kappa shape index (κ2) is 10.9. The van der Waals surface area contributed by atoms with Gasteiger partial charge >= 0.3 is 0 Å². The number of nitrogens with zero attached hydrogens (tertiary/aromatic N) is 1. The number of halogens is 1. The number of pyridine rings is 1. The van der Waals surface area contributed by atoms with Gasteiger partial charge < -0.3 is 19.2 Å². The van der Waals surface area contributed by atoms with Gasteiger partial charge in [0.25, 0.3) is 0 Å². The highest BCUT2D eigenvalue weighted by Crippen LogP contribution is 2.40. The number of allylic oxidation sites excluding steroid dienone is 2. The molecule has 0 radical (unpaired) electrons. The Labute approximate surface area is 212 Å². The van der Waals surface area contributed by atoms with Crippen LogP contribution in [0.15, 0.2) is 59.6 Å². The first-order chi connectivity index (χ1) is 16.7. The largest absolute Gasteiger partial charge is 0.494 e. The van der Waals surface area contributed by atoms with Crippen LogP contribution >= 0.6 is 11.6 Å². The molecule has 9 heteroatoms. The number of hydrogen-bond acceptors (Lipinski definition) is 6. The summed E-state index contributed by atoms with van der Waals surface area (Å²) in [7, 11) is -1.51. The van der Waals surface area contributed by atoms with E-state index < -0.39 is 15.1 Å². The maximum absolute atomic E-state index is 12.1. The number of H-pyrrole nitrogens is 1. The van der Waals surface area contributed by atoms with Crippen molar-refractivity contribution in [2.75, 3.05) is 26.6 Å². The van der Waals surface area contributed by atoms with E-state index in [2.05, 4.69) is 16.0 Å². The highest BCUT2D eigenvalue weighted by atomic mass is 35.5. The second-order valence-electron chi connectivity index (χ2n) is 9.27. The Morgan fingerprint density at radius 1 is 1.34 bits per heavy atom. The molecule has 0 fully saturated rings. The fraction of sp³-hybridized carbons (Fsp3) is 0.500. The molecular formula is C26H33ClN2O5S. The van der Waals surface area contributed by atoms with Crippen LogP contribution in [-0.4, -0.2) is 56.3 Å². The van der Waals surface area contributed by atoms with Gasteiger partial charge in [-0.3, -0.25) is 0 Å². The fourth-order valence-corrected chi connectivity index (χ4v) is 6.89. The third-order valence-corrected chi connectivity index (χ3v) is 8.86. The maximum atomic E-state index is 12.1. The normalized spacial score (nSPS) is 28.0. The number of fused-ring (bicyclic) bond motifs is 1. The number of methoxy groups -OCH3 is 1. The van der Waals surface area contributed by atoms with Crippen LogP contribution in [0.1, 0.15) is 31.9 Å². The number of rotatable bonds is 9. The lowest BCUT2D eigenvalue weighted by molar-refractivity contribution is -0.0424. The predicted molar refractivity (Wildman–Crippen MR) is 138 cm³/mol. The third kappa shape index (κ3) is 5.50. The van der Waals surface area contributed by atoms with Crippen molar-refractivity contribution in [2.45, 2.75) is 37.7 Å². The summed E-state index contributed by atoms with van der Waals surface area (Å²) in [6.45, 7) is 4.76. The van der Waals surface area contributed by atoms with Gasteiger partial charge in [-0.05, 0) is 37.5 Å². The van der Waals surface area contributed by atoms with Crippen molar-refractivity contribution in [3.05, 3.63) is 65.2 Å². The number of aromatic nitrogens is 2. The van der Waals surface area contributed by atoms with Gasteiger partial charge in [-0.15, -0.1) is 0 Å². The van der Waals surface area contributed by atoms with Crippen molar-refractivity contribution >= 4 is 32.5 Å². The third-order valence-electron chi connectivity index (χ3n) is 6.84. The van der Waals surface area contributed by atoms with Crippen LogP contribution in [-0.2, 0) is 24.0 Å². The Kier molecular flexibility index (Phi) is 8.06. The molecule has 35 heavy (non-hydrogen) atoms. The molecule has 2 aliphatic carbocycles. The first-order valence-electron chi connectivity index (χ1n) is 11.9. The smallest absolute Gasteiger partial charge is 0.154 e. The molecule has 1 N–H and O–H groups in total. The molecule has 0 amide bonds. The summed E-state index contributed by atoms with van der Waals surface area (Å²) in [5.41, 5.74) is 1.82. The van der Waals surface area contributed by atoms with Crippen molar-refractivity contribution < 1.29 is 22.6 Å².